The minimum atomic E-state index is -0.754. The van der Waals surface area contributed by atoms with E-state index in [2.05, 4.69) is 4.90 Å². The Bertz CT molecular complexity index is 587. The molecule has 0 spiro atoms. The fourth-order valence-corrected chi connectivity index (χ4v) is 2.97. The van der Waals surface area contributed by atoms with Crippen LogP contribution in [0.5, 0.6) is 0 Å². The summed E-state index contributed by atoms with van der Waals surface area (Å²) >= 11 is 0. The Hall–Kier alpha value is -2.21. The van der Waals surface area contributed by atoms with E-state index in [-0.39, 0.29) is 12.7 Å². The molecule has 6 heteroatoms. The van der Waals surface area contributed by atoms with Gasteiger partial charge in [0, 0.05) is 19.6 Å². The molecule has 2 fully saturated rings. The van der Waals surface area contributed by atoms with Gasteiger partial charge in [-0.1, -0.05) is 30.3 Å². The lowest BCUT2D eigenvalue weighted by Crippen LogP contribution is -2.41. The Morgan fingerprint density at radius 3 is 2.43 bits per heavy atom. The number of amides is 4. The third-order valence-corrected chi connectivity index (χ3v) is 4.12. The van der Waals surface area contributed by atoms with Crippen molar-refractivity contribution in [3.05, 3.63) is 35.9 Å². The highest BCUT2D eigenvalue weighted by atomic mass is 16.2. The van der Waals surface area contributed by atoms with Gasteiger partial charge in [-0.15, -0.1) is 0 Å². The number of hydrogen-bond donors (Lipinski definition) is 0. The van der Waals surface area contributed by atoms with Crippen LogP contribution in [0.2, 0.25) is 0 Å². The number of likely N-dealkylation sites (N-methyl/N-ethyl adjacent to an activating group) is 1. The second-order valence-corrected chi connectivity index (χ2v) is 5.40. The summed E-state index contributed by atoms with van der Waals surface area (Å²) in [7, 11) is 1.33. The van der Waals surface area contributed by atoms with E-state index in [1.807, 2.05) is 30.3 Å². The first-order valence-corrected chi connectivity index (χ1v) is 7.02. The standard InChI is InChI=1S/C15H17N3O3/c1-16-13(19)14(20)18(15(16)21)10-17-9-5-8-12(17)11-6-3-2-4-7-11/h2-4,6-7,12H,5,8-10H2,1H3/t12-/m1/s1. The van der Waals surface area contributed by atoms with Gasteiger partial charge >= 0.3 is 17.8 Å². The molecule has 1 aromatic carbocycles. The number of urea groups is 1. The maximum Gasteiger partial charge on any atom is 0.335 e. The zero-order chi connectivity index (χ0) is 15.0. The third-order valence-electron chi connectivity index (χ3n) is 4.12. The normalized spacial score (nSPS) is 23.5. The molecule has 0 aromatic heterocycles. The van der Waals surface area contributed by atoms with E-state index >= 15 is 0 Å². The van der Waals surface area contributed by atoms with E-state index in [9.17, 15) is 14.4 Å². The van der Waals surface area contributed by atoms with E-state index in [0.717, 1.165) is 29.2 Å². The minimum Gasteiger partial charge on any atom is -0.278 e. The molecular formula is C15H17N3O3. The monoisotopic (exact) mass is 287 g/mol. The first-order chi connectivity index (χ1) is 10.1. The van der Waals surface area contributed by atoms with Crippen molar-refractivity contribution in [2.45, 2.75) is 18.9 Å². The molecule has 6 nitrogen and oxygen atoms in total. The van der Waals surface area contributed by atoms with Crippen molar-refractivity contribution >= 4 is 17.8 Å². The van der Waals surface area contributed by atoms with Crippen molar-refractivity contribution in [1.29, 1.82) is 0 Å². The van der Waals surface area contributed by atoms with Crippen LogP contribution in [0.15, 0.2) is 30.3 Å². The largest absolute Gasteiger partial charge is 0.335 e. The van der Waals surface area contributed by atoms with Crippen LogP contribution in [-0.2, 0) is 9.59 Å². The van der Waals surface area contributed by atoms with Crippen molar-refractivity contribution in [3.63, 3.8) is 0 Å². The quantitative estimate of drug-likeness (QED) is 0.619. The average molecular weight is 287 g/mol. The van der Waals surface area contributed by atoms with Crippen molar-refractivity contribution in [2.75, 3.05) is 20.3 Å². The van der Waals surface area contributed by atoms with Gasteiger partial charge in [0.1, 0.15) is 0 Å². The lowest BCUT2D eigenvalue weighted by molar-refractivity contribution is -0.143. The zero-order valence-electron chi connectivity index (χ0n) is 11.9. The van der Waals surface area contributed by atoms with Gasteiger partial charge in [0.05, 0.1) is 6.67 Å². The molecule has 0 bridgehead atoms. The number of hydrogen-bond acceptors (Lipinski definition) is 4. The molecule has 21 heavy (non-hydrogen) atoms. The Balaban J connectivity index is 1.77. The Morgan fingerprint density at radius 1 is 1.10 bits per heavy atom. The number of nitrogens with zero attached hydrogens (tertiary/aromatic N) is 3. The molecule has 0 radical (unpaired) electrons. The number of carbonyl (C=O) groups is 3. The van der Waals surface area contributed by atoms with Crippen LogP contribution in [0.4, 0.5) is 4.79 Å². The minimum absolute atomic E-state index is 0.174. The average Bonchev–Trinajstić information content (AvgIpc) is 3.04. The lowest BCUT2D eigenvalue weighted by atomic mass is 10.1. The molecular weight excluding hydrogens is 270 g/mol. The molecule has 110 valence electrons. The van der Waals surface area contributed by atoms with Crippen molar-refractivity contribution in [1.82, 2.24) is 14.7 Å². The summed E-state index contributed by atoms with van der Waals surface area (Å²) in [6.45, 7) is 0.988. The van der Waals surface area contributed by atoms with E-state index in [0.29, 0.717) is 0 Å². The van der Waals surface area contributed by atoms with Crippen molar-refractivity contribution < 1.29 is 14.4 Å². The maximum atomic E-state index is 11.9. The van der Waals surface area contributed by atoms with Gasteiger partial charge in [-0.05, 0) is 18.4 Å². The van der Waals surface area contributed by atoms with Gasteiger partial charge < -0.3 is 0 Å². The molecule has 0 aliphatic carbocycles. The highest BCUT2D eigenvalue weighted by molar-refractivity contribution is 6.44. The highest BCUT2D eigenvalue weighted by Crippen LogP contribution is 2.32. The van der Waals surface area contributed by atoms with Gasteiger partial charge in [0.2, 0.25) is 0 Å². The Morgan fingerprint density at radius 2 is 1.81 bits per heavy atom. The van der Waals surface area contributed by atoms with E-state index in [4.69, 9.17) is 0 Å². The predicted molar refractivity (Wildman–Crippen MR) is 75.0 cm³/mol. The van der Waals surface area contributed by atoms with Crippen LogP contribution < -0.4 is 0 Å². The van der Waals surface area contributed by atoms with Crippen LogP contribution in [0.1, 0.15) is 24.4 Å². The molecule has 2 heterocycles. The summed E-state index contributed by atoms with van der Waals surface area (Å²) in [6.07, 6.45) is 2.00. The lowest BCUT2D eigenvalue weighted by Gasteiger charge is -2.27. The topological polar surface area (TPSA) is 60.9 Å². The van der Waals surface area contributed by atoms with Crippen molar-refractivity contribution in [3.8, 4) is 0 Å². The molecule has 0 saturated carbocycles. The van der Waals surface area contributed by atoms with Crippen LogP contribution in [0.25, 0.3) is 0 Å². The second kappa shape index (κ2) is 5.29. The van der Waals surface area contributed by atoms with E-state index in [1.54, 1.807) is 0 Å². The van der Waals surface area contributed by atoms with Gasteiger partial charge in [0.15, 0.2) is 0 Å². The molecule has 4 amide bonds. The van der Waals surface area contributed by atoms with Crippen molar-refractivity contribution in [2.24, 2.45) is 0 Å². The molecule has 0 unspecified atom stereocenters. The number of benzene rings is 1. The SMILES string of the molecule is CN1C(=O)C(=O)N(CN2CCC[C@@H]2c2ccccc2)C1=O. The molecule has 0 N–H and O–H groups in total. The van der Waals surface area contributed by atoms with E-state index < -0.39 is 17.8 Å². The molecule has 1 aromatic rings. The van der Waals surface area contributed by atoms with Crippen LogP contribution in [0.3, 0.4) is 0 Å². The Labute approximate surface area is 122 Å². The van der Waals surface area contributed by atoms with Crippen LogP contribution in [-0.4, -0.2) is 52.8 Å². The second-order valence-electron chi connectivity index (χ2n) is 5.40. The summed E-state index contributed by atoms with van der Waals surface area (Å²) in [5, 5.41) is 0. The molecule has 2 saturated heterocycles. The number of rotatable bonds is 3. The fraction of sp³-hybridized carbons (Fsp3) is 0.400. The third kappa shape index (κ3) is 2.31. The maximum absolute atomic E-state index is 11.9. The summed E-state index contributed by atoms with van der Waals surface area (Å²) in [5.41, 5.74) is 1.17. The molecule has 2 aliphatic rings. The first kappa shape index (κ1) is 13.8. The number of imide groups is 2. The highest BCUT2D eigenvalue weighted by Gasteiger charge is 2.43. The van der Waals surface area contributed by atoms with E-state index in [1.165, 1.54) is 12.6 Å². The van der Waals surface area contributed by atoms with Crippen LogP contribution >= 0.6 is 0 Å². The Kier molecular flexibility index (Phi) is 3.47. The van der Waals surface area contributed by atoms with Gasteiger partial charge in [-0.25, -0.2) is 9.69 Å². The summed E-state index contributed by atoms with van der Waals surface area (Å²) in [5.74, 6) is -1.49. The molecule has 1 atom stereocenters. The van der Waals surface area contributed by atoms with Gasteiger partial charge in [-0.3, -0.25) is 19.4 Å². The smallest absolute Gasteiger partial charge is 0.278 e. The van der Waals surface area contributed by atoms with Crippen LogP contribution in [0, 0.1) is 0 Å². The first-order valence-electron chi connectivity index (χ1n) is 7.02. The van der Waals surface area contributed by atoms with Gasteiger partial charge in [0.25, 0.3) is 0 Å². The number of carbonyl (C=O) groups excluding carboxylic acids is 3. The summed E-state index contributed by atoms with van der Waals surface area (Å²) < 4.78 is 0. The summed E-state index contributed by atoms with van der Waals surface area (Å²) in [6, 6.07) is 9.67. The van der Waals surface area contributed by atoms with Gasteiger partial charge in [-0.2, -0.15) is 0 Å². The fourth-order valence-electron chi connectivity index (χ4n) is 2.97. The molecule has 3 rings (SSSR count). The molecule has 2 aliphatic heterocycles. The zero-order valence-corrected chi connectivity index (χ0v) is 11.9. The number of likely N-dealkylation sites (tertiary alicyclic amines) is 1. The summed E-state index contributed by atoms with van der Waals surface area (Å²) in [4.78, 5) is 39.3. The predicted octanol–water partition coefficient (Wildman–Crippen LogP) is 1.20.